The quantitative estimate of drug-likeness (QED) is 0.120. The molecule has 0 bridgehead atoms. The highest BCUT2D eigenvalue weighted by Crippen LogP contribution is 2.45. The lowest BCUT2D eigenvalue weighted by molar-refractivity contribution is -0.142. The molecule has 0 radical (unpaired) electrons. The number of carbonyl (C=O) groups excluding carboxylic acids is 2. The van der Waals surface area contributed by atoms with E-state index in [0.29, 0.717) is 36.1 Å². The number of hydrogen-bond acceptors (Lipinski definition) is 13. The largest absolute Gasteiger partial charge is 0.391 e. The summed E-state index contributed by atoms with van der Waals surface area (Å²) in [6.07, 6.45) is 5.52. The SMILES string of the molecule is Cc1ncsc1-c1ccc([C@H](CN2CCOCC2)NC(=O)[C@@H]2C[C@@H](O)CN2C(=O)[C@H](C(C)C)n2cc(C3CCC(CN4CCN(c5ccc6c(c5)-n5c(nc(=O)c7c(Cl)cccc75)C6(C)C)CC4)CC3)nn2)cc1. The Morgan fingerprint density at radius 3 is 2.43 bits per heavy atom. The summed E-state index contributed by atoms with van der Waals surface area (Å²) in [6.45, 7) is 18.6. The van der Waals surface area contributed by atoms with Gasteiger partial charge in [-0.1, -0.05) is 67.1 Å². The van der Waals surface area contributed by atoms with Crippen molar-refractivity contribution < 1.29 is 19.4 Å². The topological polar surface area (TPSA) is 167 Å². The molecule has 3 aromatic heterocycles. The van der Waals surface area contributed by atoms with Crippen LogP contribution in [0.1, 0.15) is 106 Å². The van der Waals surface area contributed by atoms with Crippen molar-refractivity contribution in [2.45, 2.75) is 102 Å². The molecule has 4 fully saturated rings. The summed E-state index contributed by atoms with van der Waals surface area (Å²) in [4.78, 5) is 61.3. The number of morpholine rings is 1. The van der Waals surface area contributed by atoms with Gasteiger partial charge < -0.3 is 25.0 Å². The van der Waals surface area contributed by atoms with E-state index in [2.05, 4.69) is 101 Å². The molecule has 5 aliphatic rings. The van der Waals surface area contributed by atoms with E-state index in [1.54, 1.807) is 27.0 Å². The van der Waals surface area contributed by atoms with Gasteiger partial charge in [-0.25, -0.2) is 9.67 Å². The van der Waals surface area contributed by atoms with Crippen LogP contribution in [-0.2, 0) is 19.7 Å². The first-order valence-electron chi connectivity index (χ1n) is 26.6. The van der Waals surface area contributed by atoms with E-state index < -0.39 is 23.6 Å². The van der Waals surface area contributed by atoms with Gasteiger partial charge in [0, 0.05) is 83.1 Å². The second-order valence-electron chi connectivity index (χ2n) is 22.1. The average molecular weight is 1040 g/mol. The number of benzene rings is 3. The normalized spacial score (nSPS) is 23.0. The highest BCUT2D eigenvalue weighted by Gasteiger charge is 2.44. The van der Waals surface area contributed by atoms with Crippen LogP contribution in [0.4, 0.5) is 5.69 Å². The number of fused-ring (bicyclic) bond motifs is 5. The first-order valence-corrected chi connectivity index (χ1v) is 27.8. The van der Waals surface area contributed by atoms with Crippen molar-refractivity contribution in [3.05, 3.63) is 116 Å². The van der Waals surface area contributed by atoms with Crippen molar-refractivity contribution in [3.63, 3.8) is 0 Å². The molecule has 3 aromatic carbocycles. The van der Waals surface area contributed by atoms with Gasteiger partial charge in [-0.3, -0.25) is 28.8 Å². The van der Waals surface area contributed by atoms with Crippen LogP contribution in [0.25, 0.3) is 27.0 Å². The molecule has 18 heteroatoms. The van der Waals surface area contributed by atoms with Crippen LogP contribution in [0.15, 0.2) is 77.2 Å². The Bertz CT molecular complexity index is 3080. The Balaban J connectivity index is 0.703. The molecule has 1 aliphatic carbocycles. The fraction of sp³-hybridized carbons (Fsp3) is 0.518. The van der Waals surface area contributed by atoms with E-state index >= 15 is 0 Å². The predicted octanol–water partition coefficient (Wildman–Crippen LogP) is 7.15. The van der Waals surface area contributed by atoms with Crippen LogP contribution in [0.5, 0.6) is 0 Å². The maximum Gasteiger partial charge on any atom is 0.282 e. The monoisotopic (exact) mass is 1040 g/mol. The highest BCUT2D eigenvalue weighted by atomic mass is 35.5. The number of piperazine rings is 1. The molecular weight excluding hydrogens is 974 g/mol. The Kier molecular flexibility index (Phi) is 14.3. The first-order chi connectivity index (χ1) is 35.7. The van der Waals surface area contributed by atoms with Crippen molar-refractivity contribution in [2.75, 3.05) is 77.0 Å². The summed E-state index contributed by atoms with van der Waals surface area (Å²) in [7, 11) is 0. The summed E-state index contributed by atoms with van der Waals surface area (Å²) >= 11 is 8.15. The summed E-state index contributed by atoms with van der Waals surface area (Å²) < 4.78 is 9.46. The zero-order valence-electron chi connectivity index (χ0n) is 43.1. The lowest BCUT2D eigenvalue weighted by Gasteiger charge is -2.39. The molecule has 1 saturated carbocycles. The summed E-state index contributed by atoms with van der Waals surface area (Å²) in [5.74, 6) is 0.948. The van der Waals surface area contributed by atoms with E-state index in [1.165, 1.54) is 5.69 Å². The van der Waals surface area contributed by atoms with Crippen molar-refractivity contribution in [1.82, 2.24) is 49.5 Å². The molecule has 4 aliphatic heterocycles. The number of ether oxygens (including phenoxy) is 1. The minimum atomic E-state index is -0.829. The molecule has 0 spiro atoms. The third-order valence-electron chi connectivity index (χ3n) is 16.6. The zero-order chi connectivity index (χ0) is 51.4. The molecule has 390 valence electrons. The van der Waals surface area contributed by atoms with Crippen molar-refractivity contribution in [1.29, 1.82) is 0 Å². The molecule has 7 heterocycles. The number of carbonyl (C=O) groups is 2. The van der Waals surface area contributed by atoms with Crippen LogP contribution in [-0.4, -0.2) is 145 Å². The van der Waals surface area contributed by atoms with Gasteiger partial charge >= 0.3 is 0 Å². The van der Waals surface area contributed by atoms with Crippen LogP contribution in [0, 0.1) is 18.8 Å². The number of likely N-dealkylation sites (tertiary alicyclic amines) is 1. The molecule has 4 atom stereocenters. The average Bonchev–Trinajstić information content (AvgIpc) is 4.21. The third kappa shape index (κ3) is 9.79. The third-order valence-corrected chi connectivity index (χ3v) is 17.9. The lowest BCUT2D eigenvalue weighted by Crippen LogP contribution is -2.51. The molecule has 2 N–H and O–H groups in total. The predicted molar refractivity (Wildman–Crippen MR) is 288 cm³/mol. The van der Waals surface area contributed by atoms with Crippen LogP contribution >= 0.6 is 22.9 Å². The van der Waals surface area contributed by atoms with Gasteiger partial charge in [0.25, 0.3) is 5.56 Å². The molecule has 6 aromatic rings. The number of aryl methyl sites for hydroxylation is 1. The van der Waals surface area contributed by atoms with Crippen LogP contribution < -0.4 is 15.8 Å². The minimum Gasteiger partial charge on any atom is -0.391 e. The fourth-order valence-electron chi connectivity index (χ4n) is 12.4. The zero-order valence-corrected chi connectivity index (χ0v) is 44.7. The standard InChI is InChI=1S/C56H68ClN11O5S/c1-34(2)50(54(72)66-30-41(69)28-48(66)52(70)59-44(31-64-23-25-73-26-24-64)37-13-15-39(16-14-37)51-35(3)58-33-74-51)67-32-45(61-62-67)38-11-9-36(10-12-38)29-63-19-21-65(22-20-63)40-17-18-42-47(27-40)68-46-8-6-7-43(57)49(46)53(71)60-55(68)56(42,4)5/h6-8,13-18,27,32-34,36,38,41,44,48,50,69H,9-12,19-26,28-31H2,1-5H3,(H,59,70)/t36?,38?,41-,44+,48+,50+/m1/s1. The van der Waals surface area contributed by atoms with Gasteiger partial charge in [0.15, 0.2) is 0 Å². The summed E-state index contributed by atoms with van der Waals surface area (Å²) in [5.41, 5.74) is 9.25. The number of aliphatic hydroxyl groups is 1. The second-order valence-corrected chi connectivity index (χ2v) is 23.4. The highest BCUT2D eigenvalue weighted by molar-refractivity contribution is 7.13. The fourth-order valence-corrected chi connectivity index (χ4v) is 13.5. The number of anilines is 1. The lowest BCUT2D eigenvalue weighted by atomic mass is 9.80. The maximum atomic E-state index is 14.7. The number of aliphatic hydroxyl groups excluding tert-OH is 1. The van der Waals surface area contributed by atoms with Crippen LogP contribution in [0.2, 0.25) is 5.02 Å². The van der Waals surface area contributed by atoms with Crippen molar-refractivity contribution in [2.24, 2.45) is 11.8 Å². The van der Waals surface area contributed by atoms with Crippen LogP contribution in [0.3, 0.4) is 0 Å². The van der Waals surface area contributed by atoms with E-state index in [4.69, 9.17) is 16.3 Å². The van der Waals surface area contributed by atoms with Gasteiger partial charge in [-0.15, -0.1) is 16.4 Å². The molecular formula is C56H68ClN11O5S. The molecule has 16 nitrogen and oxygen atoms in total. The summed E-state index contributed by atoms with van der Waals surface area (Å²) in [6, 6.07) is 18.7. The Morgan fingerprint density at radius 1 is 0.959 bits per heavy atom. The molecule has 0 unspecified atom stereocenters. The van der Waals surface area contributed by atoms with Gasteiger partial charge in [0.05, 0.1) is 74.2 Å². The van der Waals surface area contributed by atoms with Crippen molar-refractivity contribution in [3.8, 4) is 16.1 Å². The number of rotatable bonds is 13. The number of nitrogens with one attached hydrogen (secondary N) is 1. The van der Waals surface area contributed by atoms with Gasteiger partial charge in [-0.05, 0) is 99.2 Å². The van der Waals surface area contributed by atoms with Gasteiger partial charge in [0.1, 0.15) is 17.9 Å². The second kappa shape index (κ2) is 20.9. The number of amides is 2. The number of β-amino-alcohol motifs (C(OH)–C–C–N with tert-alkyl or cyclic N) is 1. The molecule has 11 rings (SSSR count). The molecule has 74 heavy (non-hydrogen) atoms. The van der Waals surface area contributed by atoms with Gasteiger partial charge in [0.2, 0.25) is 11.8 Å². The minimum absolute atomic E-state index is 0.0785. The number of aromatic nitrogens is 6. The Hall–Kier alpha value is -5.56. The van der Waals surface area contributed by atoms with E-state index in [0.717, 1.165) is 121 Å². The number of nitrogens with zero attached hydrogens (tertiary/aromatic N) is 10. The van der Waals surface area contributed by atoms with E-state index in [9.17, 15) is 19.5 Å². The summed E-state index contributed by atoms with van der Waals surface area (Å²) in [5, 5.41) is 24.5. The molecule has 2 amide bonds. The van der Waals surface area contributed by atoms with E-state index in [1.807, 2.05) is 44.6 Å². The van der Waals surface area contributed by atoms with Crippen molar-refractivity contribution >= 4 is 51.3 Å². The Morgan fingerprint density at radius 2 is 1.72 bits per heavy atom. The maximum absolute atomic E-state index is 14.7. The number of halogens is 1. The smallest absolute Gasteiger partial charge is 0.282 e. The Labute approximate surface area is 441 Å². The first kappa shape index (κ1) is 50.6. The number of hydrogen-bond donors (Lipinski definition) is 2. The van der Waals surface area contributed by atoms with Gasteiger partial charge in [-0.2, -0.15) is 4.98 Å². The number of thiazole rings is 1. The molecule has 3 saturated heterocycles. The van der Waals surface area contributed by atoms with E-state index in [-0.39, 0.29) is 48.2 Å².